The molecule has 1 atom stereocenters. The van der Waals surface area contributed by atoms with E-state index in [2.05, 4.69) is 59.1 Å². The zero-order valence-electron chi connectivity index (χ0n) is 14.2. The zero-order valence-corrected chi connectivity index (χ0v) is 15.0. The minimum Gasteiger partial charge on any atom is -0.357 e. The molecule has 3 aromatic rings. The van der Waals surface area contributed by atoms with Crippen molar-refractivity contribution in [2.24, 2.45) is 0 Å². The number of aryl methyl sites for hydroxylation is 1. The van der Waals surface area contributed by atoms with Crippen LogP contribution in [0.3, 0.4) is 0 Å². The standard InChI is InChI=1S/C21H21ClN2O/c1-16-3-2-4-17(13-16)14-24-11-12-25-21(24)18-9-10-23(15-18)20-7-5-19(22)6-8-20/h2-10,13,15,21H,11-12,14H2,1H3/t21-/m1/s1. The first-order valence-electron chi connectivity index (χ1n) is 8.54. The van der Waals surface area contributed by atoms with Gasteiger partial charge in [-0.3, -0.25) is 4.90 Å². The molecule has 0 radical (unpaired) electrons. The molecule has 4 heteroatoms. The van der Waals surface area contributed by atoms with Crippen molar-refractivity contribution in [3.05, 3.63) is 88.7 Å². The van der Waals surface area contributed by atoms with Crippen LogP contribution in [0.4, 0.5) is 0 Å². The lowest BCUT2D eigenvalue weighted by Crippen LogP contribution is -2.23. The normalized spacial score (nSPS) is 17.9. The number of hydrogen-bond donors (Lipinski definition) is 0. The second-order valence-corrected chi connectivity index (χ2v) is 6.95. The monoisotopic (exact) mass is 352 g/mol. The molecule has 1 fully saturated rings. The highest BCUT2D eigenvalue weighted by Gasteiger charge is 2.27. The summed E-state index contributed by atoms with van der Waals surface area (Å²) in [5.41, 5.74) is 4.90. The minimum atomic E-state index is 0.00839. The van der Waals surface area contributed by atoms with Gasteiger partial charge in [0.25, 0.3) is 0 Å². The van der Waals surface area contributed by atoms with Crippen LogP contribution >= 0.6 is 11.6 Å². The van der Waals surface area contributed by atoms with Gasteiger partial charge >= 0.3 is 0 Å². The van der Waals surface area contributed by atoms with Gasteiger partial charge in [0, 0.05) is 41.8 Å². The summed E-state index contributed by atoms with van der Waals surface area (Å²) in [5, 5.41) is 0.750. The molecule has 2 aromatic carbocycles. The van der Waals surface area contributed by atoms with Crippen molar-refractivity contribution < 1.29 is 4.74 Å². The van der Waals surface area contributed by atoms with Gasteiger partial charge in [0.15, 0.2) is 0 Å². The molecule has 3 nitrogen and oxygen atoms in total. The first kappa shape index (κ1) is 16.4. The highest BCUT2D eigenvalue weighted by Crippen LogP contribution is 2.29. The fourth-order valence-corrected chi connectivity index (χ4v) is 3.48. The van der Waals surface area contributed by atoms with Crippen molar-refractivity contribution in [2.45, 2.75) is 19.7 Å². The lowest BCUT2D eigenvalue weighted by Gasteiger charge is -2.22. The van der Waals surface area contributed by atoms with Crippen LogP contribution in [0.5, 0.6) is 0 Å². The molecule has 0 unspecified atom stereocenters. The van der Waals surface area contributed by atoms with Gasteiger partial charge in [0.05, 0.1) is 6.61 Å². The quantitative estimate of drug-likeness (QED) is 0.659. The van der Waals surface area contributed by atoms with Crippen LogP contribution in [-0.2, 0) is 11.3 Å². The second kappa shape index (κ2) is 7.04. The summed E-state index contributed by atoms with van der Waals surface area (Å²) in [5.74, 6) is 0. The lowest BCUT2D eigenvalue weighted by molar-refractivity contribution is 0.0288. The SMILES string of the molecule is Cc1cccc(CN2CCO[C@@H]2c2ccn(-c3ccc(Cl)cc3)c2)c1. The van der Waals surface area contributed by atoms with Gasteiger partial charge in [-0.1, -0.05) is 41.4 Å². The number of nitrogens with zero attached hydrogens (tertiary/aromatic N) is 2. The summed E-state index contributed by atoms with van der Waals surface area (Å²) < 4.78 is 8.12. The molecule has 1 aliphatic rings. The van der Waals surface area contributed by atoms with Crippen molar-refractivity contribution in [3.63, 3.8) is 0 Å². The summed E-state index contributed by atoms with van der Waals surface area (Å²) in [7, 11) is 0. The van der Waals surface area contributed by atoms with E-state index in [1.165, 1.54) is 16.7 Å². The molecule has 0 amide bonds. The molecule has 1 aromatic heterocycles. The summed E-state index contributed by atoms with van der Waals surface area (Å²) in [4.78, 5) is 2.39. The maximum absolute atomic E-state index is 6.01. The molecule has 25 heavy (non-hydrogen) atoms. The van der Waals surface area contributed by atoms with E-state index < -0.39 is 0 Å². The molecule has 4 rings (SSSR count). The third-order valence-electron chi connectivity index (χ3n) is 4.58. The van der Waals surface area contributed by atoms with Gasteiger partial charge in [-0.15, -0.1) is 0 Å². The molecule has 0 bridgehead atoms. The molecule has 128 valence electrons. The molecule has 0 aliphatic carbocycles. The molecule has 0 N–H and O–H groups in total. The first-order chi connectivity index (χ1) is 12.2. The van der Waals surface area contributed by atoms with Crippen molar-refractivity contribution in [1.82, 2.24) is 9.47 Å². The number of hydrogen-bond acceptors (Lipinski definition) is 2. The third-order valence-corrected chi connectivity index (χ3v) is 4.83. The number of rotatable bonds is 4. The molecule has 1 aliphatic heterocycles. The van der Waals surface area contributed by atoms with Crippen molar-refractivity contribution in [1.29, 1.82) is 0 Å². The van der Waals surface area contributed by atoms with E-state index >= 15 is 0 Å². The van der Waals surface area contributed by atoms with E-state index in [-0.39, 0.29) is 6.23 Å². The minimum absolute atomic E-state index is 0.00839. The van der Waals surface area contributed by atoms with Gasteiger partial charge < -0.3 is 9.30 Å². The Morgan fingerprint density at radius 1 is 1.12 bits per heavy atom. The van der Waals surface area contributed by atoms with E-state index in [4.69, 9.17) is 16.3 Å². The van der Waals surface area contributed by atoms with Crippen molar-refractivity contribution in [2.75, 3.05) is 13.2 Å². The zero-order chi connectivity index (χ0) is 17.2. The van der Waals surface area contributed by atoms with Gasteiger partial charge in [-0.25, -0.2) is 0 Å². The molecule has 2 heterocycles. The number of benzene rings is 2. The van der Waals surface area contributed by atoms with Crippen molar-refractivity contribution >= 4 is 11.6 Å². The third kappa shape index (κ3) is 3.64. The van der Waals surface area contributed by atoms with Gasteiger partial charge in [0.2, 0.25) is 0 Å². The lowest BCUT2D eigenvalue weighted by atomic mass is 10.1. The van der Waals surface area contributed by atoms with Gasteiger partial charge in [-0.2, -0.15) is 0 Å². The average molecular weight is 353 g/mol. The van der Waals surface area contributed by atoms with Crippen LogP contribution in [0, 0.1) is 6.92 Å². The number of aromatic nitrogens is 1. The maximum atomic E-state index is 6.01. The topological polar surface area (TPSA) is 17.4 Å². The second-order valence-electron chi connectivity index (χ2n) is 6.51. The largest absolute Gasteiger partial charge is 0.357 e. The van der Waals surface area contributed by atoms with Crippen LogP contribution in [0.15, 0.2) is 67.0 Å². The highest BCUT2D eigenvalue weighted by atomic mass is 35.5. The highest BCUT2D eigenvalue weighted by molar-refractivity contribution is 6.30. The average Bonchev–Trinajstić information content (AvgIpc) is 3.25. The maximum Gasteiger partial charge on any atom is 0.138 e. The van der Waals surface area contributed by atoms with E-state index in [0.717, 1.165) is 30.4 Å². The van der Waals surface area contributed by atoms with Crippen LogP contribution in [0.2, 0.25) is 5.02 Å². The Bertz CT molecular complexity index is 856. The van der Waals surface area contributed by atoms with E-state index in [1.807, 2.05) is 24.3 Å². The smallest absolute Gasteiger partial charge is 0.138 e. The molecular formula is C21H21ClN2O. The van der Waals surface area contributed by atoms with Gasteiger partial charge in [0.1, 0.15) is 6.23 Å². The van der Waals surface area contributed by atoms with E-state index in [0.29, 0.717) is 0 Å². The Hall–Kier alpha value is -2.07. The van der Waals surface area contributed by atoms with E-state index in [1.54, 1.807) is 0 Å². The van der Waals surface area contributed by atoms with E-state index in [9.17, 15) is 0 Å². The van der Waals surface area contributed by atoms with Crippen LogP contribution in [0.1, 0.15) is 22.9 Å². The van der Waals surface area contributed by atoms with Crippen LogP contribution in [-0.4, -0.2) is 22.6 Å². The summed E-state index contributed by atoms with van der Waals surface area (Å²) >= 11 is 5.98. The Labute approximate surface area is 153 Å². The fourth-order valence-electron chi connectivity index (χ4n) is 3.35. The summed E-state index contributed by atoms with van der Waals surface area (Å²) in [6.45, 7) is 4.75. The fraction of sp³-hybridized carbons (Fsp3) is 0.238. The molecule has 0 saturated carbocycles. The van der Waals surface area contributed by atoms with Gasteiger partial charge in [-0.05, 0) is 42.8 Å². The number of halogens is 1. The predicted molar refractivity (Wildman–Crippen MR) is 101 cm³/mol. The summed E-state index contributed by atoms with van der Waals surface area (Å²) in [6.07, 6.45) is 4.22. The first-order valence-corrected chi connectivity index (χ1v) is 8.92. The Kier molecular flexibility index (Phi) is 4.62. The Balaban J connectivity index is 1.53. The summed E-state index contributed by atoms with van der Waals surface area (Å²) in [6, 6.07) is 18.7. The Morgan fingerprint density at radius 3 is 2.76 bits per heavy atom. The van der Waals surface area contributed by atoms with Crippen LogP contribution < -0.4 is 0 Å². The number of ether oxygens (including phenoxy) is 1. The molecule has 0 spiro atoms. The van der Waals surface area contributed by atoms with Crippen LogP contribution in [0.25, 0.3) is 5.69 Å². The molecule has 1 saturated heterocycles. The van der Waals surface area contributed by atoms with Crippen molar-refractivity contribution in [3.8, 4) is 5.69 Å². The molecular weight excluding hydrogens is 332 g/mol. The predicted octanol–water partition coefficient (Wildman–Crippen LogP) is 4.97. The Morgan fingerprint density at radius 2 is 1.96 bits per heavy atom.